The van der Waals surface area contributed by atoms with Gasteiger partial charge in [0.1, 0.15) is 5.02 Å². The number of para-hydroxylation sites is 1. The molecule has 2 rings (SSSR count). The molecule has 24 heavy (non-hydrogen) atoms. The first-order valence-corrected chi connectivity index (χ1v) is 7.74. The van der Waals surface area contributed by atoms with E-state index in [1.54, 1.807) is 18.2 Å². The fourth-order valence-corrected chi connectivity index (χ4v) is 2.33. The van der Waals surface area contributed by atoms with E-state index in [0.29, 0.717) is 12.1 Å². The summed E-state index contributed by atoms with van der Waals surface area (Å²) < 4.78 is 5.76. The third-order valence-electron chi connectivity index (χ3n) is 3.53. The first-order chi connectivity index (χ1) is 11.5. The Morgan fingerprint density at radius 3 is 2.79 bits per heavy atom. The third-order valence-corrected chi connectivity index (χ3v) is 3.89. The van der Waals surface area contributed by atoms with Gasteiger partial charge in [0.05, 0.1) is 36.9 Å². The fraction of sp³-hybridized carbons (Fsp3) is 0.312. The SMILES string of the molecule is CCC(CO)Nc1cnn(-c2ccccc2C(=O)OC)c(=O)c1Cl. The van der Waals surface area contributed by atoms with Crippen molar-refractivity contribution in [2.75, 3.05) is 19.0 Å². The Kier molecular flexibility index (Phi) is 5.94. The Balaban J connectivity index is 2.50. The highest BCUT2D eigenvalue weighted by atomic mass is 35.5. The lowest BCUT2D eigenvalue weighted by molar-refractivity contribution is 0.0600. The van der Waals surface area contributed by atoms with Crippen LogP contribution in [0.15, 0.2) is 35.3 Å². The van der Waals surface area contributed by atoms with Crippen LogP contribution in [0.3, 0.4) is 0 Å². The highest BCUT2D eigenvalue weighted by molar-refractivity contribution is 6.33. The molecule has 1 aromatic carbocycles. The summed E-state index contributed by atoms with van der Waals surface area (Å²) in [6.45, 7) is 1.80. The minimum Gasteiger partial charge on any atom is -0.465 e. The summed E-state index contributed by atoms with van der Waals surface area (Å²) in [5.41, 5.74) is 0.227. The number of aliphatic hydroxyl groups is 1. The summed E-state index contributed by atoms with van der Waals surface area (Å²) in [5.74, 6) is -0.580. The van der Waals surface area contributed by atoms with Gasteiger partial charge in [-0.3, -0.25) is 4.79 Å². The van der Waals surface area contributed by atoms with Gasteiger partial charge in [-0.25, -0.2) is 4.79 Å². The van der Waals surface area contributed by atoms with Crippen LogP contribution in [0.25, 0.3) is 5.69 Å². The molecule has 0 spiro atoms. The zero-order valence-electron chi connectivity index (χ0n) is 13.3. The van der Waals surface area contributed by atoms with Gasteiger partial charge < -0.3 is 15.2 Å². The van der Waals surface area contributed by atoms with Gasteiger partial charge in [0, 0.05) is 6.04 Å². The Hall–Kier alpha value is -2.38. The zero-order chi connectivity index (χ0) is 17.7. The number of halogens is 1. The molecule has 0 aliphatic carbocycles. The van der Waals surface area contributed by atoms with E-state index in [4.69, 9.17) is 16.3 Å². The highest BCUT2D eigenvalue weighted by Gasteiger charge is 2.18. The molecule has 1 atom stereocenters. The van der Waals surface area contributed by atoms with Crippen LogP contribution < -0.4 is 10.9 Å². The smallest absolute Gasteiger partial charge is 0.340 e. The van der Waals surface area contributed by atoms with Gasteiger partial charge >= 0.3 is 5.97 Å². The summed E-state index contributed by atoms with van der Waals surface area (Å²) >= 11 is 6.14. The first kappa shape index (κ1) is 18.0. The lowest BCUT2D eigenvalue weighted by atomic mass is 10.2. The maximum absolute atomic E-state index is 12.5. The molecule has 0 saturated carbocycles. The molecule has 2 N–H and O–H groups in total. The summed E-state index contributed by atoms with van der Waals surface area (Å²) in [6.07, 6.45) is 2.04. The Bertz CT molecular complexity index is 787. The zero-order valence-corrected chi connectivity index (χ0v) is 14.1. The van der Waals surface area contributed by atoms with Crippen LogP contribution >= 0.6 is 11.6 Å². The topological polar surface area (TPSA) is 93.5 Å². The van der Waals surface area contributed by atoms with Gasteiger partial charge in [-0.15, -0.1) is 0 Å². The standard InChI is InChI=1S/C16H18ClN3O4/c1-3-10(9-21)19-12-8-18-20(15(22)14(12)17)13-7-5-4-6-11(13)16(23)24-2/h4-8,10,19,21H,3,9H2,1-2H3. The van der Waals surface area contributed by atoms with Crippen LogP contribution in [-0.2, 0) is 4.74 Å². The number of hydrogen-bond acceptors (Lipinski definition) is 6. The molecular formula is C16H18ClN3O4. The minimum absolute atomic E-state index is 0.0726. The van der Waals surface area contributed by atoms with E-state index >= 15 is 0 Å². The predicted molar refractivity (Wildman–Crippen MR) is 91.0 cm³/mol. The lowest BCUT2D eigenvalue weighted by Gasteiger charge is -2.17. The van der Waals surface area contributed by atoms with Gasteiger partial charge in [0.2, 0.25) is 0 Å². The molecule has 0 aliphatic rings. The van der Waals surface area contributed by atoms with Crippen LogP contribution in [0.4, 0.5) is 5.69 Å². The number of benzene rings is 1. The molecule has 1 heterocycles. The van der Waals surface area contributed by atoms with Crippen molar-refractivity contribution < 1.29 is 14.6 Å². The van der Waals surface area contributed by atoms with Crippen molar-refractivity contribution in [1.29, 1.82) is 0 Å². The van der Waals surface area contributed by atoms with Gasteiger partial charge in [-0.2, -0.15) is 9.78 Å². The van der Waals surface area contributed by atoms with Crippen molar-refractivity contribution in [3.63, 3.8) is 0 Å². The molecule has 0 fully saturated rings. The quantitative estimate of drug-likeness (QED) is 0.771. The minimum atomic E-state index is -0.580. The van der Waals surface area contributed by atoms with Crippen LogP contribution in [0, 0.1) is 0 Å². The van der Waals surface area contributed by atoms with Crippen molar-refractivity contribution in [3.8, 4) is 5.69 Å². The highest BCUT2D eigenvalue weighted by Crippen LogP contribution is 2.20. The lowest BCUT2D eigenvalue weighted by Crippen LogP contribution is -2.28. The molecule has 0 bridgehead atoms. The summed E-state index contributed by atoms with van der Waals surface area (Å²) in [4.78, 5) is 24.4. The Labute approximate surface area is 143 Å². The van der Waals surface area contributed by atoms with Gasteiger partial charge in [-0.05, 0) is 18.6 Å². The summed E-state index contributed by atoms with van der Waals surface area (Å²) in [7, 11) is 1.26. The number of ether oxygens (including phenoxy) is 1. The summed E-state index contributed by atoms with van der Waals surface area (Å²) in [5, 5.41) is 16.2. The van der Waals surface area contributed by atoms with E-state index in [1.807, 2.05) is 6.92 Å². The van der Waals surface area contributed by atoms with Crippen LogP contribution in [0.1, 0.15) is 23.7 Å². The average molecular weight is 352 g/mol. The molecule has 128 valence electrons. The molecule has 0 aliphatic heterocycles. The average Bonchev–Trinajstić information content (AvgIpc) is 2.62. The van der Waals surface area contributed by atoms with E-state index in [2.05, 4.69) is 10.4 Å². The Morgan fingerprint density at radius 2 is 2.17 bits per heavy atom. The third kappa shape index (κ3) is 3.58. The van der Waals surface area contributed by atoms with E-state index in [1.165, 1.54) is 19.4 Å². The second-order valence-electron chi connectivity index (χ2n) is 5.03. The monoisotopic (exact) mass is 351 g/mol. The molecule has 8 heteroatoms. The maximum atomic E-state index is 12.5. The van der Waals surface area contributed by atoms with E-state index in [-0.39, 0.29) is 28.9 Å². The molecule has 0 saturated heterocycles. The maximum Gasteiger partial charge on any atom is 0.340 e. The number of esters is 1. The van der Waals surface area contributed by atoms with Gasteiger partial charge in [0.25, 0.3) is 5.56 Å². The number of carbonyl (C=O) groups is 1. The van der Waals surface area contributed by atoms with Crippen molar-refractivity contribution >= 4 is 23.3 Å². The normalized spacial score (nSPS) is 11.8. The number of anilines is 1. The van der Waals surface area contributed by atoms with Crippen molar-refractivity contribution in [1.82, 2.24) is 9.78 Å². The number of nitrogens with one attached hydrogen (secondary N) is 1. The van der Waals surface area contributed by atoms with E-state index < -0.39 is 11.5 Å². The van der Waals surface area contributed by atoms with Gasteiger partial charge in [-0.1, -0.05) is 30.7 Å². The number of aliphatic hydroxyl groups excluding tert-OH is 1. The second-order valence-corrected chi connectivity index (χ2v) is 5.41. The van der Waals surface area contributed by atoms with Gasteiger partial charge in [0.15, 0.2) is 0 Å². The number of rotatable bonds is 6. The number of methoxy groups -OCH3 is 1. The van der Waals surface area contributed by atoms with Crippen molar-refractivity contribution in [2.45, 2.75) is 19.4 Å². The molecule has 1 unspecified atom stereocenters. The molecular weight excluding hydrogens is 334 g/mol. The van der Waals surface area contributed by atoms with Crippen LogP contribution in [-0.4, -0.2) is 40.6 Å². The fourth-order valence-electron chi connectivity index (χ4n) is 2.14. The van der Waals surface area contributed by atoms with Crippen molar-refractivity contribution in [2.24, 2.45) is 0 Å². The molecule has 1 aromatic heterocycles. The number of carbonyl (C=O) groups excluding carboxylic acids is 1. The van der Waals surface area contributed by atoms with E-state index in [0.717, 1.165) is 4.68 Å². The molecule has 7 nitrogen and oxygen atoms in total. The predicted octanol–water partition coefficient (Wildman–Crippen LogP) is 1.86. The molecule has 2 aromatic rings. The molecule has 0 radical (unpaired) electrons. The number of nitrogens with zero attached hydrogens (tertiary/aromatic N) is 2. The van der Waals surface area contributed by atoms with Crippen LogP contribution in [0.2, 0.25) is 5.02 Å². The first-order valence-electron chi connectivity index (χ1n) is 7.36. The largest absolute Gasteiger partial charge is 0.465 e. The van der Waals surface area contributed by atoms with E-state index in [9.17, 15) is 14.7 Å². The molecule has 0 amide bonds. The summed E-state index contributed by atoms with van der Waals surface area (Å²) in [6, 6.07) is 6.21. The number of aromatic nitrogens is 2. The second kappa shape index (κ2) is 7.94. The Morgan fingerprint density at radius 1 is 1.46 bits per heavy atom. The van der Waals surface area contributed by atoms with Crippen molar-refractivity contribution in [3.05, 3.63) is 51.4 Å². The van der Waals surface area contributed by atoms with Crippen LogP contribution in [0.5, 0.6) is 0 Å². The number of hydrogen-bond donors (Lipinski definition) is 2.